The number of piperidine rings is 1. The van der Waals surface area contributed by atoms with Crippen LogP contribution in [0.1, 0.15) is 32.3 Å². The van der Waals surface area contributed by atoms with E-state index < -0.39 is 0 Å². The number of allylic oxidation sites excluding steroid dienone is 4. The zero-order valence-electron chi connectivity index (χ0n) is 18.4. The van der Waals surface area contributed by atoms with Gasteiger partial charge in [0.2, 0.25) is 0 Å². The van der Waals surface area contributed by atoms with Crippen LogP contribution in [0.5, 0.6) is 5.75 Å². The molecule has 2 rings (SSSR count). The van der Waals surface area contributed by atoms with E-state index in [0.29, 0.717) is 14.5 Å². The summed E-state index contributed by atoms with van der Waals surface area (Å²) in [5.41, 5.74) is 3.47. The SMILES string of the molecule is CN=C/C(PC)=C(C)/N=C(\C=C(/C)NCC1CCCN(C)C1)c1ccccc1O. The number of nitrogens with one attached hydrogen (secondary N) is 1. The van der Waals surface area contributed by atoms with Crippen molar-refractivity contribution in [2.24, 2.45) is 15.9 Å². The summed E-state index contributed by atoms with van der Waals surface area (Å²) in [4.78, 5) is 11.4. The number of phenolic OH excluding ortho intramolecular Hbond substituents is 1. The maximum Gasteiger partial charge on any atom is 0.124 e. The molecule has 1 heterocycles. The first-order valence-corrected chi connectivity index (χ1v) is 11.7. The lowest BCUT2D eigenvalue weighted by Crippen LogP contribution is -2.37. The van der Waals surface area contributed by atoms with Gasteiger partial charge in [0, 0.05) is 48.6 Å². The lowest BCUT2D eigenvalue weighted by atomic mass is 9.98. The van der Waals surface area contributed by atoms with Crippen LogP contribution in [-0.4, -0.2) is 62.3 Å². The average Bonchev–Trinajstić information content (AvgIpc) is 2.70. The van der Waals surface area contributed by atoms with E-state index >= 15 is 0 Å². The minimum Gasteiger partial charge on any atom is -0.507 e. The summed E-state index contributed by atoms with van der Waals surface area (Å²) in [5.74, 6) is 0.902. The van der Waals surface area contributed by atoms with Crippen molar-refractivity contribution >= 4 is 20.5 Å². The molecule has 29 heavy (non-hydrogen) atoms. The fraction of sp³-hybridized carbons (Fsp3) is 0.478. The van der Waals surface area contributed by atoms with Crippen LogP contribution in [0.3, 0.4) is 0 Å². The van der Waals surface area contributed by atoms with Crippen molar-refractivity contribution in [3.05, 3.63) is 52.6 Å². The number of nitrogens with zero attached hydrogens (tertiary/aromatic N) is 3. The number of hydrogen-bond acceptors (Lipinski definition) is 5. The fourth-order valence-corrected chi connectivity index (χ4v) is 4.25. The minimum atomic E-state index is 0.238. The van der Waals surface area contributed by atoms with Gasteiger partial charge in [-0.3, -0.25) is 9.98 Å². The Balaban J connectivity index is 2.28. The Bertz CT molecular complexity index is 798. The van der Waals surface area contributed by atoms with Crippen LogP contribution in [0, 0.1) is 5.92 Å². The summed E-state index contributed by atoms with van der Waals surface area (Å²) in [6.45, 7) is 9.49. The molecule has 1 aliphatic rings. The van der Waals surface area contributed by atoms with Crippen molar-refractivity contribution in [3.8, 4) is 5.75 Å². The molecule has 5 nitrogen and oxygen atoms in total. The van der Waals surface area contributed by atoms with Crippen molar-refractivity contribution in [1.82, 2.24) is 10.2 Å². The summed E-state index contributed by atoms with van der Waals surface area (Å²) in [6.07, 6.45) is 6.43. The van der Waals surface area contributed by atoms with Gasteiger partial charge in [-0.05, 0) is 71.1 Å². The summed E-state index contributed by atoms with van der Waals surface area (Å²) in [7, 11) is 4.58. The topological polar surface area (TPSA) is 60.2 Å². The first-order valence-electron chi connectivity index (χ1n) is 10.2. The Hall–Kier alpha value is -1.97. The van der Waals surface area contributed by atoms with Crippen LogP contribution >= 0.6 is 8.58 Å². The van der Waals surface area contributed by atoms with Crippen molar-refractivity contribution in [2.75, 3.05) is 40.4 Å². The second kappa shape index (κ2) is 11.9. The highest BCUT2D eigenvalue weighted by atomic mass is 31.1. The maximum absolute atomic E-state index is 10.4. The maximum atomic E-state index is 10.4. The molecule has 2 atom stereocenters. The molecule has 0 aromatic heterocycles. The van der Waals surface area contributed by atoms with Gasteiger partial charge in [0.25, 0.3) is 0 Å². The smallest absolute Gasteiger partial charge is 0.124 e. The van der Waals surface area contributed by atoms with Crippen molar-refractivity contribution in [3.63, 3.8) is 0 Å². The first kappa shape index (κ1) is 23.3. The summed E-state index contributed by atoms with van der Waals surface area (Å²) >= 11 is 0. The average molecular weight is 415 g/mol. The Labute approximate surface area is 177 Å². The minimum absolute atomic E-state index is 0.238. The molecule has 1 aromatic carbocycles. The number of hydrogen-bond donors (Lipinski definition) is 2. The molecule has 158 valence electrons. The Morgan fingerprint density at radius 2 is 2.10 bits per heavy atom. The number of para-hydroxylation sites is 1. The lowest BCUT2D eigenvalue weighted by Gasteiger charge is -2.30. The normalized spacial score (nSPS) is 20.5. The first-order chi connectivity index (χ1) is 13.9. The van der Waals surface area contributed by atoms with E-state index in [4.69, 9.17) is 4.99 Å². The van der Waals surface area contributed by atoms with Crippen molar-refractivity contribution in [1.29, 1.82) is 0 Å². The molecule has 2 N–H and O–H groups in total. The summed E-state index contributed by atoms with van der Waals surface area (Å²) in [5, 5.41) is 15.1. The molecule has 0 saturated carbocycles. The van der Waals surface area contributed by atoms with Crippen LogP contribution in [0.15, 0.2) is 57.0 Å². The second-order valence-electron chi connectivity index (χ2n) is 7.63. The molecule has 1 aromatic rings. The van der Waals surface area contributed by atoms with Crippen molar-refractivity contribution in [2.45, 2.75) is 26.7 Å². The van der Waals surface area contributed by atoms with Gasteiger partial charge >= 0.3 is 0 Å². The number of phenols is 1. The molecule has 0 bridgehead atoms. The molecule has 1 saturated heterocycles. The summed E-state index contributed by atoms with van der Waals surface area (Å²) < 4.78 is 0. The molecule has 1 aliphatic heterocycles. The number of rotatable bonds is 8. The van der Waals surface area contributed by atoms with E-state index in [1.165, 1.54) is 19.4 Å². The zero-order chi connectivity index (χ0) is 21.2. The van der Waals surface area contributed by atoms with E-state index in [0.717, 1.165) is 41.1 Å². The molecule has 6 heteroatoms. The van der Waals surface area contributed by atoms with Gasteiger partial charge in [-0.2, -0.15) is 0 Å². The molecule has 0 aliphatic carbocycles. The highest BCUT2D eigenvalue weighted by Crippen LogP contribution is 2.24. The number of benzene rings is 1. The Kier molecular flexibility index (Phi) is 9.56. The number of aromatic hydroxyl groups is 1. The number of aliphatic imine (C=N–C) groups is 2. The predicted octanol–water partition coefficient (Wildman–Crippen LogP) is 4.26. The highest BCUT2D eigenvalue weighted by molar-refractivity contribution is 7.43. The van der Waals surface area contributed by atoms with Crippen molar-refractivity contribution < 1.29 is 5.11 Å². The van der Waals surface area contributed by atoms with Crippen LogP contribution in [0.4, 0.5) is 0 Å². The molecule has 0 spiro atoms. The molecular weight excluding hydrogens is 379 g/mol. The summed E-state index contributed by atoms with van der Waals surface area (Å²) in [6, 6.07) is 7.36. The molecule has 0 radical (unpaired) electrons. The fourth-order valence-electron chi connectivity index (χ4n) is 3.57. The van der Waals surface area contributed by atoms with Crippen LogP contribution in [0.25, 0.3) is 0 Å². The van der Waals surface area contributed by atoms with Gasteiger partial charge in [-0.1, -0.05) is 20.7 Å². The van der Waals surface area contributed by atoms with E-state index in [9.17, 15) is 5.11 Å². The molecular formula is C23H35N4OP. The second-order valence-corrected chi connectivity index (χ2v) is 8.67. The lowest BCUT2D eigenvalue weighted by molar-refractivity contribution is 0.209. The third kappa shape index (κ3) is 7.41. The Morgan fingerprint density at radius 3 is 2.76 bits per heavy atom. The predicted molar refractivity (Wildman–Crippen MR) is 128 cm³/mol. The van der Waals surface area contributed by atoms with Gasteiger partial charge in [-0.25, -0.2) is 0 Å². The van der Waals surface area contributed by atoms with E-state index in [1.807, 2.05) is 37.4 Å². The van der Waals surface area contributed by atoms with Crippen LogP contribution in [0.2, 0.25) is 0 Å². The monoisotopic (exact) mass is 414 g/mol. The van der Waals surface area contributed by atoms with Crippen LogP contribution in [-0.2, 0) is 0 Å². The van der Waals surface area contributed by atoms with E-state index in [-0.39, 0.29) is 5.75 Å². The van der Waals surface area contributed by atoms with Gasteiger partial charge in [0.15, 0.2) is 0 Å². The largest absolute Gasteiger partial charge is 0.507 e. The third-order valence-corrected chi connectivity index (χ3v) is 6.16. The number of likely N-dealkylation sites (tertiary alicyclic amines) is 1. The van der Waals surface area contributed by atoms with Gasteiger partial charge in [-0.15, -0.1) is 0 Å². The molecule has 0 amide bonds. The van der Waals surface area contributed by atoms with Gasteiger partial charge in [0.05, 0.1) is 5.71 Å². The van der Waals surface area contributed by atoms with Crippen LogP contribution < -0.4 is 5.32 Å². The van der Waals surface area contributed by atoms with E-state index in [1.54, 1.807) is 13.1 Å². The van der Waals surface area contributed by atoms with Gasteiger partial charge < -0.3 is 15.3 Å². The van der Waals surface area contributed by atoms with Gasteiger partial charge in [0.1, 0.15) is 5.75 Å². The zero-order valence-corrected chi connectivity index (χ0v) is 19.4. The third-order valence-electron chi connectivity index (χ3n) is 5.13. The molecule has 2 unspecified atom stereocenters. The van der Waals surface area contributed by atoms with E-state index in [2.05, 4.69) is 35.8 Å². The Morgan fingerprint density at radius 1 is 1.34 bits per heavy atom. The standard InChI is InChI=1S/C23H35N4OP/c1-17(25-14-19-9-8-12-27(4)16-19)13-21(20-10-6-7-11-22(20)28)26-18(2)23(29-5)15-24-3/h6-7,10-11,13,15,19,25,28-29H,8-9,12,14,16H2,1-5H3/b17-13+,23-18-,24-15?,26-21+. The quantitative estimate of drug-likeness (QED) is 0.494. The highest BCUT2D eigenvalue weighted by Gasteiger charge is 2.17. The molecule has 1 fully saturated rings.